The fourth-order valence-corrected chi connectivity index (χ4v) is 5.47. The van der Waals surface area contributed by atoms with Crippen LogP contribution in [0.1, 0.15) is 42.7 Å². The average molecular weight is 470 g/mol. The number of aromatic nitrogens is 3. The largest absolute Gasteiger partial charge is 0.373 e. The van der Waals surface area contributed by atoms with Crippen molar-refractivity contribution in [1.82, 2.24) is 24.4 Å². The Hall–Kier alpha value is -3.08. The number of ether oxygens (including phenoxy) is 1. The van der Waals surface area contributed by atoms with E-state index in [9.17, 15) is 13.2 Å². The normalized spacial score (nSPS) is 20.3. The lowest BCUT2D eigenvalue weighted by Crippen LogP contribution is -2.48. The Morgan fingerprint density at radius 2 is 1.70 bits per heavy atom. The maximum atomic E-state index is 13.0. The fourth-order valence-electron chi connectivity index (χ4n) is 3.87. The zero-order valence-corrected chi connectivity index (χ0v) is 19.6. The molecule has 1 amide bonds. The van der Waals surface area contributed by atoms with E-state index < -0.39 is 10.0 Å². The molecule has 1 N–H and O–H groups in total. The number of sulfonamides is 1. The van der Waals surface area contributed by atoms with E-state index in [0.717, 1.165) is 11.3 Å². The number of amides is 1. The van der Waals surface area contributed by atoms with E-state index in [2.05, 4.69) is 15.4 Å². The molecule has 0 unspecified atom stereocenters. The van der Waals surface area contributed by atoms with Crippen LogP contribution in [0, 0.1) is 0 Å². The van der Waals surface area contributed by atoms with Gasteiger partial charge >= 0.3 is 0 Å². The highest BCUT2D eigenvalue weighted by molar-refractivity contribution is 7.89. The van der Waals surface area contributed by atoms with Gasteiger partial charge in [0.25, 0.3) is 5.91 Å². The van der Waals surface area contributed by atoms with Gasteiger partial charge in [-0.1, -0.05) is 12.1 Å². The molecule has 2 aromatic carbocycles. The summed E-state index contributed by atoms with van der Waals surface area (Å²) in [7, 11) is -3.65. The summed E-state index contributed by atoms with van der Waals surface area (Å²) in [6, 6.07) is 13.4. The van der Waals surface area contributed by atoms with E-state index in [1.807, 2.05) is 45.0 Å². The molecule has 0 saturated carbocycles. The van der Waals surface area contributed by atoms with Crippen molar-refractivity contribution in [2.75, 3.05) is 13.1 Å². The molecule has 1 aliphatic heterocycles. The molecule has 1 aromatic heterocycles. The zero-order chi connectivity index (χ0) is 23.6. The predicted molar refractivity (Wildman–Crippen MR) is 122 cm³/mol. The van der Waals surface area contributed by atoms with Gasteiger partial charge in [0.1, 0.15) is 12.7 Å². The van der Waals surface area contributed by atoms with Crippen LogP contribution in [0.25, 0.3) is 5.69 Å². The van der Waals surface area contributed by atoms with Gasteiger partial charge in [0, 0.05) is 18.7 Å². The molecule has 9 nitrogen and oxygen atoms in total. The highest BCUT2D eigenvalue weighted by Crippen LogP contribution is 2.22. The zero-order valence-electron chi connectivity index (χ0n) is 18.7. The number of rotatable bonds is 6. The molecule has 10 heteroatoms. The third-order valence-electron chi connectivity index (χ3n) is 5.56. The first-order valence-corrected chi connectivity index (χ1v) is 12.2. The van der Waals surface area contributed by atoms with Crippen LogP contribution in [0.3, 0.4) is 0 Å². The van der Waals surface area contributed by atoms with Crippen LogP contribution in [-0.4, -0.2) is 58.7 Å². The van der Waals surface area contributed by atoms with Gasteiger partial charge in [-0.2, -0.15) is 9.40 Å². The summed E-state index contributed by atoms with van der Waals surface area (Å²) in [6.45, 7) is 6.22. The molecule has 0 radical (unpaired) electrons. The predicted octanol–water partition coefficient (Wildman–Crippen LogP) is 2.56. The minimum atomic E-state index is -3.65. The van der Waals surface area contributed by atoms with Crippen LogP contribution in [0.4, 0.5) is 0 Å². The topological polar surface area (TPSA) is 106 Å². The first-order valence-electron chi connectivity index (χ1n) is 10.8. The van der Waals surface area contributed by atoms with Gasteiger partial charge in [-0.05, 0) is 62.7 Å². The summed E-state index contributed by atoms with van der Waals surface area (Å²) in [5.74, 6) is -0.277. The molecule has 174 valence electrons. The molecule has 4 rings (SSSR count). The summed E-state index contributed by atoms with van der Waals surface area (Å²) >= 11 is 0. The number of morpholine rings is 1. The minimum absolute atomic E-state index is 0.164. The molecule has 1 aliphatic rings. The Labute approximate surface area is 193 Å². The quantitative estimate of drug-likeness (QED) is 0.595. The minimum Gasteiger partial charge on any atom is -0.373 e. The SMILES string of the molecule is C[C@@H]1CN(S(=O)(=O)c2ccc(C(=O)N[C@@H](C)c3ccc(-n4cncn4)cc3)cc2)C[C@@H](C)O1. The van der Waals surface area contributed by atoms with Gasteiger partial charge in [-0.25, -0.2) is 18.1 Å². The van der Waals surface area contributed by atoms with Crippen molar-refractivity contribution < 1.29 is 17.9 Å². The Kier molecular flexibility index (Phi) is 6.59. The number of hydrogen-bond acceptors (Lipinski definition) is 6. The molecule has 1 saturated heterocycles. The molecular weight excluding hydrogens is 442 g/mol. The first kappa shape index (κ1) is 23.1. The second-order valence-electron chi connectivity index (χ2n) is 8.23. The standard InChI is InChI=1S/C23H27N5O4S/c1-16-12-27(13-17(2)32-16)33(30,31)22-10-6-20(7-11-22)23(29)26-18(3)19-4-8-21(9-5-19)28-15-24-14-25-28/h4-11,14-18H,12-13H2,1-3H3,(H,26,29)/t16-,17-,18+/m1/s1. The smallest absolute Gasteiger partial charge is 0.251 e. The third-order valence-corrected chi connectivity index (χ3v) is 7.41. The molecule has 2 heterocycles. The Morgan fingerprint density at radius 3 is 2.27 bits per heavy atom. The first-order chi connectivity index (χ1) is 15.7. The van der Waals surface area contributed by atoms with Gasteiger partial charge in [0.05, 0.1) is 28.8 Å². The number of nitrogens with zero attached hydrogens (tertiary/aromatic N) is 4. The summed E-state index contributed by atoms with van der Waals surface area (Å²) in [6.07, 6.45) is 2.75. The van der Waals surface area contributed by atoms with Gasteiger partial charge in [0.15, 0.2) is 0 Å². The molecule has 33 heavy (non-hydrogen) atoms. The second-order valence-corrected chi connectivity index (χ2v) is 10.2. The number of benzene rings is 2. The highest BCUT2D eigenvalue weighted by atomic mass is 32.2. The van der Waals surface area contributed by atoms with Crippen molar-refractivity contribution in [2.45, 2.75) is 43.9 Å². The average Bonchev–Trinajstić information content (AvgIpc) is 3.33. The van der Waals surface area contributed by atoms with Crippen LogP contribution in [0.15, 0.2) is 66.1 Å². The van der Waals surface area contributed by atoms with E-state index in [0.29, 0.717) is 18.7 Å². The van der Waals surface area contributed by atoms with Crippen LogP contribution in [0.2, 0.25) is 0 Å². The number of hydrogen-bond donors (Lipinski definition) is 1. The molecule has 0 aliphatic carbocycles. The summed E-state index contributed by atoms with van der Waals surface area (Å²) in [5.41, 5.74) is 2.20. The summed E-state index contributed by atoms with van der Waals surface area (Å²) in [5, 5.41) is 7.04. The second kappa shape index (κ2) is 9.42. The van der Waals surface area contributed by atoms with Crippen LogP contribution < -0.4 is 5.32 Å². The van der Waals surface area contributed by atoms with Crippen molar-refractivity contribution in [2.24, 2.45) is 0 Å². The molecule has 3 atom stereocenters. The Bertz CT molecular complexity index is 1180. The molecule has 1 fully saturated rings. The van der Waals surface area contributed by atoms with Gasteiger partial charge < -0.3 is 10.1 Å². The Balaban J connectivity index is 1.42. The van der Waals surface area contributed by atoms with Crippen LogP contribution >= 0.6 is 0 Å². The molecular formula is C23H27N5O4S. The van der Waals surface area contributed by atoms with E-state index in [1.54, 1.807) is 11.0 Å². The number of carbonyl (C=O) groups is 1. The van der Waals surface area contributed by atoms with Crippen molar-refractivity contribution in [3.8, 4) is 5.69 Å². The summed E-state index contributed by atoms with van der Waals surface area (Å²) in [4.78, 5) is 16.8. The van der Waals surface area contributed by atoms with Crippen molar-refractivity contribution >= 4 is 15.9 Å². The van der Waals surface area contributed by atoms with E-state index in [1.165, 1.54) is 34.9 Å². The van der Waals surface area contributed by atoms with Crippen molar-refractivity contribution in [3.63, 3.8) is 0 Å². The lowest BCUT2D eigenvalue weighted by molar-refractivity contribution is -0.0440. The maximum absolute atomic E-state index is 13.0. The van der Waals surface area contributed by atoms with Crippen LogP contribution in [0.5, 0.6) is 0 Å². The van der Waals surface area contributed by atoms with Gasteiger partial charge in [-0.15, -0.1) is 0 Å². The van der Waals surface area contributed by atoms with E-state index >= 15 is 0 Å². The van der Waals surface area contributed by atoms with E-state index in [4.69, 9.17) is 4.74 Å². The molecule has 3 aromatic rings. The summed E-state index contributed by atoms with van der Waals surface area (Å²) < 4.78 is 34.7. The lowest BCUT2D eigenvalue weighted by Gasteiger charge is -2.34. The monoisotopic (exact) mass is 469 g/mol. The Morgan fingerprint density at radius 1 is 1.06 bits per heavy atom. The lowest BCUT2D eigenvalue weighted by atomic mass is 10.1. The van der Waals surface area contributed by atoms with Gasteiger partial charge in [-0.3, -0.25) is 4.79 Å². The van der Waals surface area contributed by atoms with Crippen LogP contribution in [-0.2, 0) is 14.8 Å². The fraction of sp³-hybridized carbons (Fsp3) is 0.348. The number of carbonyl (C=O) groups excluding carboxylic acids is 1. The molecule has 0 bridgehead atoms. The van der Waals surface area contributed by atoms with Crippen molar-refractivity contribution in [1.29, 1.82) is 0 Å². The highest BCUT2D eigenvalue weighted by Gasteiger charge is 2.32. The third kappa shape index (κ3) is 5.13. The maximum Gasteiger partial charge on any atom is 0.251 e. The molecule has 0 spiro atoms. The van der Waals surface area contributed by atoms with Gasteiger partial charge in [0.2, 0.25) is 10.0 Å². The van der Waals surface area contributed by atoms with E-state index in [-0.39, 0.29) is 29.1 Å². The van der Waals surface area contributed by atoms with Crippen molar-refractivity contribution in [3.05, 3.63) is 72.3 Å². The number of nitrogens with one attached hydrogen (secondary N) is 1.